The molecule has 5 heteroatoms. The minimum Gasteiger partial charge on any atom is -0.474 e. The maximum atomic E-state index is 5.78. The second-order valence-corrected chi connectivity index (χ2v) is 4.75. The third-order valence-electron chi connectivity index (χ3n) is 1.87. The van der Waals surface area contributed by atoms with Crippen molar-refractivity contribution in [3.8, 4) is 0 Å². The average molecular weight is 236 g/mol. The summed E-state index contributed by atoms with van der Waals surface area (Å²) in [5.41, 5.74) is 12.6. The molecule has 1 aromatic heterocycles. The van der Waals surface area contributed by atoms with E-state index in [2.05, 4.69) is 5.10 Å². The summed E-state index contributed by atoms with van der Waals surface area (Å²) in [6.45, 7) is 7.69. The normalized spacial score (nSPS) is 13.9. The Morgan fingerprint density at radius 2 is 2.12 bits per heavy atom. The molecule has 4 N–H and O–H groups in total. The van der Waals surface area contributed by atoms with Crippen molar-refractivity contribution in [1.29, 1.82) is 0 Å². The van der Waals surface area contributed by atoms with Crippen LogP contribution in [0.2, 0.25) is 0 Å². The lowest BCUT2D eigenvalue weighted by Gasteiger charge is -2.21. The highest BCUT2D eigenvalue weighted by atomic mass is 16.5. The smallest absolute Gasteiger partial charge is 0.186 e. The monoisotopic (exact) mass is 236 g/mol. The molecule has 1 rings (SSSR count). The van der Waals surface area contributed by atoms with Crippen LogP contribution in [-0.4, -0.2) is 15.4 Å². The summed E-state index contributed by atoms with van der Waals surface area (Å²) in [4.78, 5) is 0. The van der Waals surface area contributed by atoms with Gasteiger partial charge in [-0.05, 0) is 33.8 Å². The SMILES string of the molecule is Cc1ccn(C(/C=C(\N)OC(C)(C)C)=C/N)n1. The third-order valence-corrected chi connectivity index (χ3v) is 1.87. The molecule has 0 fully saturated rings. The molecule has 0 aromatic carbocycles. The predicted molar refractivity (Wildman–Crippen MR) is 68.5 cm³/mol. The van der Waals surface area contributed by atoms with Crippen molar-refractivity contribution < 1.29 is 4.74 Å². The van der Waals surface area contributed by atoms with Crippen LogP contribution in [0.25, 0.3) is 5.70 Å². The molecule has 1 heterocycles. The zero-order chi connectivity index (χ0) is 13.1. The maximum Gasteiger partial charge on any atom is 0.186 e. The third kappa shape index (κ3) is 4.22. The second-order valence-electron chi connectivity index (χ2n) is 4.75. The van der Waals surface area contributed by atoms with Gasteiger partial charge in [0.25, 0.3) is 0 Å². The van der Waals surface area contributed by atoms with E-state index in [1.807, 2.05) is 40.0 Å². The summed E-state index contributed by atoms with van der Waals surface area (Å²) in [5, 5.41) is 4.24. The van der Waals surface area contributed by atoms with Gasteiger partial charge in [-0.1, -0.05) is 0 Å². The van der Waals surface area contributed by atoms with E-state index in [9.17, 15) is 0 Å². The molecule has 0 amide bonds. The first-order chi connectivity index (χ1) is 7.81. The van der Waals surface area contributed by atoms with E-state index in [0.29, 0.717) is 11.6 Å². The molecular formula is C12H20N4O. The molecule has 94 valence electrons. The van der Waals surface area contributed by atoms with Crippen LogP contribution in [0.3, 0.4) is 0 Å². The Labute approximate surface area is 102 Å². The van der Waals surface area contributed by atoms with E-state index < -0.39 is 0 Å². The molecule has 5 nitrogen and oxygen atoms in total. The Bertz CT molecular complexity index is 438. The standard InChI is InChI=1S/C12H20N4O/c1-9-5-6-16(15-9)10(8-13)7-11(14)17-12(2,3)4/h5-8H,13-14H2,1-4H3/b10-8+,11-7+. The van der Waals surface area contributed by atoms with E-state index in [1.54, 1.807) is 10.8 Å². The van der Waals surface area contributed by atoms with Gasteiger partial charge in [0.05, 0.1) is 11.4 Å². The van der Waals surface area contributed by atoms with Crippen LogP contribution in [0.1, 0.15) is 26.5 Å². The van der Waals surface area contributed by atoms with E-state index in [-0.39, 0.29) is 5.60 Å². The van der Waals surface area contributed by atoms with E-state index >= 15 is 0 Å². The fourth-order valence-electron chi connectivity index (χ4n) is 1.28. The van der Waals surface area contributed by atoms with Crippen LogP contribution >= 0.6 is 0 Å². The Morgan fingerprint density at radius 1 is 1.47 bits per heavy atom. The van der Waals surface area contributed by atoms with Gasteiger partial charge in [0.1, 0.15) is 5.60 Å². The van der Waals surface area contributed by atoms with Crippen molar-refractivity contribution in [1.82, 2.24) is 9.78 Å². The summed E-state index contributed by atoms with van der Waals surface area (Å²) in [5.74, 6) is 0.308. The molecule has 0 saturated heterocycles. The van der Waals surface area contributed by atoms with Gasteiger partial charge in [-0.25, -0.2) is 4.68 Å². The van der Waals surface area contributed by atoms with Crippen LogP contribution < -0.4 is 11.5 Å². The van der Waals surface area contributed by atoms with Gasteiger partial charge >= 0.3 is 0 Å². The number of nitrogens with two attached hydrogens (primary N) is 2. The van der Waals surface area contributed by atoms with Crippen molar-refractivity contribution in [3.05, 3.63) is 36.1 Å². The molecule has 0 bridgehead atoms. The van der Waals surface area contributed by atoms with Crippen LogP contribution in [0.15, 0.2) is 30.4 Å². The lowest BCUT2D eigenvalue weighted by Crippen LogP contribution is -2.22. The van der Waals surface area contributed by atoms with Crippen molar-refractivity contribution in [2.24, 2.45) is 11.5 Å². The summed E-state index contributed by atoms with van der Waals surface area (Å²) in [6.07, 6.45) is 4.90. The summed E-state index contributed by atoms with van der Waals surface area (Å²) >= 11 is 0. The molecule has 0 aliphatic carbocycles. The molecule has 0 aliphatic heterocycles. The highest BCUT2D eigenvalue weighted by Gasteiger charge is 2.12. The van der Waals surface area contributed by atoms with Crippen LogP contribution in [0.4, 0.5) is 0 Å². The van der Waals surface area contributed by atoms with Gasteiger partial charge < -0.3 is 16.2 Å². The minimum absolute atomic E-state index is 0.308. The largest absolute Gasteiger partial charge is 0.474 e. The number of ether oxygens (including phenoxy) is 1. The van der Waals surface area contributed by atoms with Gasteiger partial charge in [0.2, 0.25) is 0 Å². The maximum absolute atomic E-state index is 5.78. The molecule has 17 heavy (non-hydrogen) atoms. The number of aromatic nitrogens is 2. The van der Waals surface area contributed by atoms with E-state index in [1.165, 1.54) is 6.20 Å². The van der Waals surface area contributed by atoms with E-state index in [4.69, 9.17) is 16.2 Å². The van der Waals surface area contributed by atoms with Crippen LogP contribution in [0, 0.1) is 6.92 Å². The fraction of sp³-hybridized carbons (Fsp3) is 0.417. The molecule has 0 aliphatic rings. The number of allylic oxidation sites excluding steroid dienone is 2. The predicted octanol–water partition coefficient (Wildman–Crippen LogP) is 1.56. The fourth-order valence-corrected chi connectivity index (χ4v) is 1.28. The lowest BCUT2D eigenvalue weighted by atomic mass is 10.2. The summed E-state index contributed by atoms with van der Waals surface area (Å²) in [6, 6.07) is 1.89. The molecule has 0 radical (unpaired) electrons. The van der Waals surface area contributed by atoms with Crippen molar-refractivity contribution in [3.63, 3.8) is 0 Å². The quantitative estimate of drug-likeness (QED) is 0.616. The summed E-state index contributed by atoms with van der Waals surface area (Å²) in [7, 11) is 0. The van der Waals surface area contributed by atoms with Gasteiger partial charge in [-0.15, -0.1) is 0 Å². The molecule has 0 atom stereocenters. The Kier molecular flexibility index (Phi) is 3.83. The molecule has 0 saturated carbocycles. The van der Waals surface area contributed by atoms with Crippen LogP contribution in [0.5, 0.6) is 0 Å². The van der Waals surface area contributed by atoms with Gasteiger partial charge in [0, 0.05) is 18.5 Å². The Morgan fingerprint density at radius 3 is 2.53 bits per heavy atom. The van der Waals surface area contributed by atoms with Gasteiger partial charge in [-0.2, -0.15) is 5.10 Å². The first-order valence-electron chi connectivity index (χ1n) is 5.42. The van der Waals surface area contributed by atoms with Crippen molar-refractivity contribution in [2.75, 3.05) is 0 Å². The molecule has 1 aromatic rings. The molecular weight excluding hydrogens is 216 g/mol. The first kappa shape index (κ1) is 13.2. The highest BCUT2D eigenvalue weighted by molar-refractivity contribution is 5.56. The Hall–Kier alpha value is -1.91. The number of rotatable bonds is 3. The molecule has 0 spiro atoms. The minimum atomic E-state index is -0.333. The summed E-state index contributed by atoms with van der Waals surface area (Å²) < 4.78 is 7.15. The zero-order valence-electron chi connectivity index (χ0n) is 10.8. The van der Waals surface area contributed by atoms with Crippen molar-refractivity contribution in [2.45, 2.75) is 33.3 Å². The van der Waals surface area contributed by atoms with E-state index in [0.717, 1.165) is 5.69 Å². The number of aryl methyl sites for hydroxylation is 1. The number of nitrogens with zero attached hydrogens (tertiary/aromatic N) is 2. The first-order valence-corrected chi connectivity index (χ1v) is 5.42. The molecule has 0 unspecified atom stereocenters. The second kappa shape index (κ2) is 4.95. The van der Waals surface area contributed by atoms with Gasteiger partial charge in [0.15, 0.2) is 5.88 Å². The van der Waals surface area contributed by atoms with Gasteiger partial charge in [-0.3, -0.25) is 0 Å². The number of hydrogen-bond acceptors (Lipinski definition) is 4. The van der Waals surface area contributed by atoms with Crippen molar-refractivity contribution >= 4 is 5.70 Å². The number of hydrogen-bond donors (Lipinski definition) is 2. The highest BCUT2D eigenvalue weighted by Crippen LogP contribution is 2.13. The Balaban J connectivity index is 2.88. The lowest BCUT2D eigenvalue weighted by molar-refractivity contribution is 0.0507. The average Bonchev–Trinajstić information content (AvgIpc) is 2.58. The van der Waals surface area contributed by atoms with Crippen LogP contribution in [-0.2, 0) is 4.74 Å². The topological polar surface area (TPSA) is 79.1 Å². The zero-order valence-corrected chi connectivity index (χ0v) is 10.8.